The molecule has 0 saturated carbocycles. The zero-order chi connectivity index (χ0) is 22.0. The Bertz CT molecular complexity index is 710. The van der Waals surface area contributed by atoms with Gasteiger partial charge in [0.15, 0.2) is 5.92 Å². The molecule has 0 spiro atoms. The highest BCUT2D eigenvalue weighted by molar-refractivity contribution is 5.94. The van der Waals surface area contributed by atoms with Gasteiger partial charge in [0.1, 0.15) is 11.4 Å². The van der Waals surface area contributed by atoms with Crippen LogP contribution in [0, 0.1) is 5.92 Å². The van der Waals surface area contributed by atoms with Crippen molar-refractivity contribution in [2.24, 2.45) is 5.92 Å². The van der Waals surface area contributed by atoms with E-state index < -0.39 is 41.4 Å². The third kappa shape index (κ3) is 8.76. The predicted molar refractivity (Wildman–Crippen MR) is 105 cm³/mol. The Hall–Kier alpha value is -2.90. The summed E-state index contributed by atoms with van der Waals surface area (Å²) in [4.78, 5) is 35.6. The average Bonchev–Trinajstić information content (AvgIpc) is 2.66. The van der Waals surface area contributed by atoms with Crippen LogP contribution < -0.4 is 5.32 Å². The minimum absolute atomic E-state index is 0.156. The van der Waals surface area contributed by atoms with Gasteiger partial charge in [0, 0.05) is 0 Å². The molecule has 0 heterocycles. The summed E-state index contributed by atoms with van der Waals surface area (Å²) in [7, 11) is 2.25. The first kappa shape index (κ1) is 24.1. The van der Waals surface area contributed by atoms with E-state index in [1.807, 2.05) is 6.07 Å². The molecule has 1 N–H and O–H groups in total. The first-order valence-corrected chi connectivity index (χ1v) is 9.12. The molecule has 0 aliphatic carbocycles. The van der Waals surface area contributed by atoms with Crippen molar-refractivity contribution < 1.29 is 33.0 Å². The van der Waals surface area contributed by atoms with Gasteiger partial charge in [0.25, 0.3) is 0 Å². The molecule has 1 aromatic carbocycles. The number of ether oxygens (including phenoxy) is 3. The second-order valence-electron chi connectivity index (χ2n) is 7.31. The highest BCUT2D eigenvalue weighted by Crippen LogP contribution is 2.17. The van der Waals surface area contributed by atoms with E-state index in [1.54, 1.807) is 45.0 Å². The predicted octanol–water partition coefficient (Wildman–Crippen LogP) is 3.33. The molecule has 0 aliphatic heterocycles. The SMILES string of the molecule is COC(=O)C(CC=C(F)[C@H](Cc1ccccc1)NC(=O)OC(C)(C)C)C(=O)OC. The van der Waals surface area contributed by atoms with Gasteiger partial charge in [-0.25, -0.2) is 9.18 Å². The Kier molecular flexibility index (Phi) is 9.31. The minimum Gasteiger partial charge on any atom is -0.468 e. The molecule has 1 amide bonds. The number of hydrogen-bond acceptors (Lipinski definition) is 6. The van der Waals surface area contributed by atoms with Crippen molar-refractivity contribution in [1.29, 1.82) is 0 Å². The Balaban J connectivity index is 3.02. The summed E-state index contributed by atoms with van der Waals surface area (Å²) in [6.45, 7) is 5.09. The van der Waals surface area contributed by atoms with Gasteiger partial charge in [0.2, 0.25) is 0 Å². The molecule has 1 atom stereocenters. The lowest BCUT2D eigenvalue weighted by molar-refractivity contribution is -0.158. The molecule has 0 bridgehead atoms. The van der Waals surface area contributed by atoms with Crippen LogP contribution in [0.3, 0.4) is 0 Å². The van der Waals surface area contributed by atoms with Crippen molar-refractivity contribution in [3.05, 3.63) is 47.8 Å². The number of carbonyl (C=O) groups excluding carboxylic acids is 3. The first-order chi connectivity index (χ1) is 13.6. The fraction of sp³-hybridized carbons (Fsp3) is 0.476. The topological polar surface area (TPSA) is 90.9 Å². The molecule has 0 aliphatic rings. The second-order valence-corrected chi connectivity index (χ2v) is 7.31. The molecule has 0 aromatic heterocycles. The lowest BCUT2D eigenvalue weighted by Gasteiger charge is -2.23. The van der Waals surface area contributed by atoms with Gasteiger partial charge < -0.3 is 19.5 Å². The van der Waals surface area contributed by atoms with Crippen LogP contribution in [0.25, 0.3) is 0 Å². The third-order valence-electron chi connectivity index (χ3n) is 3.83. The van der Waals surface area contributed by atoms with Crippen molar-refractivity contribution in [3.8, 4) is 0 Å². The van der Waals surface area contributed by atoms with E-state index in [2.05, 4.69) is 14.8 Å². The number of methoxy groups -OCH3 is 2. The summed E-state index contributed by atoms with van der Waals surface area (Å²) in [6, 6.07) is 7.97. The summed E-state index contributed by atoms with van der Waals surface area (Å²) in [5.74, 6) is -3.67. The van der Waals surface area contributed by atoms with Crippen LogP contribution >= 0.6 is 0 Å². The van der Waals surface area contributed by atoms with E-state index >= 15 is 0 Å². The van der Waals surface area contributed by atoms with Gasteiger partial charge in [0.05, 0.1) is 20.3 Å². The van der Waals surface area contributed by atoms with Gasteiger partial charge in [-0.05, 0) is 45.3 Å². The first-order valence-electron chi connectivity index (χ1n) is 9.12. The van der Waals surface area contributed by atoms with Gasteiger partial charge in [-0.3, -0.25) is 9.59 Å². The number of esters is 2. The third-order valence-corrected chi connectivity index (χ3v) is 3.83. The summed E-state index contributed by atoms with van der Waals surface area (Å²) >= 11 is 0. The number of allylic oxidation sites excluding steroid dienone is 1. The molecule has 8 heteroatoms. The molecule has 1 aromatic rings. The normalized spacial score (nSPS) is 12.9. The zero-order valence-electron chi connectivity index (χ0n) is 17.4. The molecule has 1 rings (SSSR count). The van der Waals surface area contributed by atoms with E-state index in [0.29, 0.717) is 0 Å². The Morgan fingerprint density at radius 1 is 1.07 bits per heavy atom. The monoisotopic (exact) mass is 409 g/mol. The summed E-state index contributed by atoms with van der Waals surface area (Å²) in [6.07, 6.45) is 0.180. The number of nitrogens with one attached hydrogen (secondary N) is 1. The van der Waals surface area contributed by atoms with E-state index in [4.69, 9.17) is 4.74 Å². The maximum absolute atomic E-state index is 14.9. The highest BCUT2D eigenvalue weighted by atomic mass is 19.1. The average molecular weight is 409 g/mol. The van der Waals surface area contributed by atoms with Gasteiger partial charge >= 0.3 is 18.0 Å². The fourth-order valence-corrected chi connectivity index (χ4v) is 2.46. The molecule has 0 unspecified atom stereocenters. The van der Waals surface area contributed by atoms with Crippen LogP contribution in [0.4, 0.5) is 9.18 Å². The number of halogens is 1. The molecule has 0 saturated heterocycles. The van der Waals surface area contributed by atoms with E-state index in [9.17, 15) is 18.8 Å². The maximum atomic E-state index is 14.9. The zero-order valence-corrected chi connectivity index (χ0v) is 17.4. The molecule has 7 nitrogen and oxygen atoms in total. The fourth-order valence-electron chi connectivity index (χ4n) is 2.46. The van der Waals surface area contributed by atoms with Crippen LogP contribution in [0.5, 0.6) is 0 Å². The van der Waals surface area contributed by atoms with E-state index in [-0.39, 0.29) is 12.8 Å². The van der Waals surface area contributed by atoms with Crippen LogP contribution in [0.2, 0.25) is 0 Å². The molecular weight excluding hydrogens is 381 g/mol. The number of hydrogen-bond donors (Lipinski definition) is 1. The lowest BCUT2D eigenvalue weighted by atomic mass is 10.0. The summed E-state index contributed by atoms with van der Waals surface area (Å²) in [5.41, 5.74) is 0.0391. The van der Waals surface area contributed by atoms with Crippen LogP contribution in [-0.2, 0) is 30.2 Å². The van der Waals surface area contributed by atoms with Crippen molar-refractivity contribution in [2.45, 2.75) is 45.3 Å². The quantitative estimate of drug-likeness (QED) is 0.402. The maximum Gasteiger partial charge on any atom is 0.408 e. The number of benzene rings is 1. The molecule has 29 heavy (non-hydrogen) atoms. The number of rotatable bonds is 8. The van der Waals surface area contributed by atoms with Crippen LogP contribution in [0.15, 0.2) is 42.2 Å². The van der Waals surface area contributed by atoms with E-state index in [1.165, 1.54) is 0 Å². The van der Waals surface area contributed by atoms with Crippen LogP contribution in [0.1, 0.15) is 32.8 Å². The standard InChI is InChI=1S/C21H28FNO6/c1-21(2,3)29-20(26)23-17(13-14-9-7-6-8-10-14)16(22)12-11-15(18(24)27-4)19(25)28-5/h6-10,12,15,17H,11,13H2,1-5H3,(H,23,26)/t17-/m0/s1. The molecule has 160 valence electrons. The smallest absolute Gasteiger partial charge is 0.408 e. The number of alkyl carbamates (subject to hydrolysis) is 1. The molecule has 0 fully saturated rings. The van der Waals surface area contributed by atoms with Gasteiger partial charge in [-0.2, -0.15) is 0 Å². The Labute approximate surface area is 170 Å². The Morgan fingerprint density at radius 2 is 1.62 bits per heavy atom. The summed E-state index contributed by atoms with van der Waals surface area (Å²) in [5, 5.41) is 2.50. The lowest BCUT2D eigenvalue weighted by Crippen LogP contribution is -2.40. The van der Waals surface area contributed by atoms with Crippen molar-refractivity contribution in [1.82, 2.24) is 5.32 Å². The van der Waals surface area contributed by atoms with Crippen molar-refractivity contribution >= 4 is 18.0 Å². The van der Waals surface area contributed by atoms with Gasteiger partial charge in [-0.1, -0.05) is 30.3 Å². The minimum atomic E-state index is -1.30. The largest absolute Gasteiger partial charge is 0.468 e. The number of carbonyl (C=O) groups is 3. The second kappa shape index (κ2) is 11.2. The van der Waals surface area contributed by atoms with Crippen molar-refractivity contribution in [2.75, 3.05) is 14.2 Å². The van der Waals surface area contributed by atoms with Crippen molar-refractivity contribution in [3.63, 3.8) is 0 Å². The molecule has 0 radical (unpaired) electrons. The molecular formula is C21H28FNO6. The number of amides is 1. The highest BCUT2D eigenvalue weighted by Gasteiger charge is 2.29. The summed E-state index contributed by atoms with van der Waals surface area (Å²) < 4.78 is 29.3. The van der Waals surface area contributed by atoms with Gasteiger partial charge in [-0.15, -0.1) is 0 Å². The van der Waals surface area contributed by atoms with Crippen LogP contribution in [-0.4, -0.2) is 43.9 Å². The van der Waals surface area contributed by atoms with E-state index in [0.717, 1.165) is 25.9 Å². The Morgan fingerprint density at radius 3 is 2.10 bits per heavy atom.